The van der Waals surface area contributed by atoms with Crippen LogP contribution in [-0.2, 0) is 5.41 Å². The van der Waals surface area contributed by atoms with Crippen molar-refractivity contribution in [2.75, 3.05) is 4.90 Å². The lowest BCUT2D eigenvalue weighted by Crippen LogP contribution is -2.20. The van der Waals surface area contributed by atoms with Gasteiger partial charge < -0.3 is 9.47 Å². The van der Waals surface area contributed by atoms with Crippen LogP contribution in [0.3, 0.4) is 0 Å². The topological polar surface area (TPSA) is 8.17 Å². The zero-order valence-electron chi connectivity index (χ0n) is 35.0. The molecule has 0 saturated heterocycles. The van der Waals surface area contributed by atoms with Crippen LogP contribution in [0.2, 0.25) is 0 Å². The molecule has 0 saturated carbocycles. The van der Waals surface area contributed by atoms with Crippen LogP contribution in [0, 0.1) is 13.8 Å². The summed E-state index contributed by atoms with van der Waals surface area (Å²) in [6.07, 6.45) is 0. The van der Waals surface area contributed by atoms with Gasteiger partial charge in [-0.05, 0) is 135 Å². The van der Waals surface area contributed by atoms with Crippen LogP contribution < -0.4 is 4.90 Å². The third-order valence-electron chi connectivity index (χ3n) is 13.1. The molecule has 0 bridgehead atoms. The van der Waals surface area contributed by atoms with Crippen molar-refractivity contribution in [2.24, 2.45) is 0 Å². The molecule has 1 aromatic heterocycles. The van der Waals surface area contributed by atoms with Crippen molar-refractivity contribution in [3.8, 4) is 50.2 Å². The van der Waals surface area contributed by atoms with Gasteiger partial charge in [-0.1, -0.05) is 166 Å². The van der Waals surface area contributed by atoms with Crippen molar-refractivity contribution in [2.45, 2.75) is 33.1 Å². The number of anilines is 3. The first-order valence-electron chi connectivity index (χ1n) is 21.4. The Morgan fingerprint density at radius 1 is 0.410 bits per heavy atom. The molecule has 0 N–H and O–H groups in total. The highest BCUT2D eigenvalue weighted by molar-refractivity contribution is 6.15. The summed E-state index contributed by atoms with van der Waals surface area (Å²) in [5.74, 6) is 0. The molecule has 1 heterocycles. The summed E-state index contributed by atoms with van der Waals surface area (Å²) in [7, 11) is 0. The molecule has 292 valence electrons. The highest BCUT2D eigenvalue weighted by atomic mass is 15.1. The van der Waals surface area contributed by atoms with Gasteiger partial charge >= 0.3 is 0 Å². The Bertz CT molecular complexity index is 3280. The second-order valence-electron chi connectivity index (χ2n) is 17.0. The second-order valence-corrected chi connectivity index (χ2v) is 17.0. The first-order chi connectivity index (χ1) is 29.9. The lowest BCUT2D eigenvalue weighted by atomic mass is 9.81. The summed E-state index contributed by atoms with van der Waals surface area (Å²) in [5, 5.41) is 2.52. The predicted molar refractivity (Wildman–Crippen MR) is 259 cm³/mol. The molecule has 1 aliphatic rings. The number of hydrogen-bond acceptors (Lipinski definition) is 1. The molecule has 0 radical (unpaired) electrons. The van der Waals surface area contributed by atoms with Gasteiger partial charge in [0.25, 0.3) is 0 Å². The van der Waals surface area contributed by atoms with Gasteiger partial charge in [-0.25, -0.2) is 0 Å². The molecule has 1 aliphatic carbocycles. The number of aromatic nitrogens is 1. The molecule has 2 nitrogen and oxygen atoms in total. The van der Waals surface area contributed by atoms with Gasteiger partial charge in [-0.2, -0.15) is 0 Å². The fourth-order valence-corrected chi connectivity index (χ4v) is 10.2. The van der Waals surface area contributed by atoms with E-state index in [4.69, 9.17) is 0 Å². The Kier molecular flexibility index (Phi) is 8.65. The van der Waals surface area contributed by atoms with E-state index >= 15 is 0 Å². The number of nitrogens with zero attached hydrogens (tertiary/aromatic N) is 2. The largest absolute Gasteiger partial charge is 0.310 e. The molecule has 11 rings (SSSR count). The quantitative estimate of drug-likeness (QED) is 0.156. The monoisotopic (exact) mass is 782 g/mol. The standard InChI is InChI=1S/C59H46N2/c1-39-17-8-9-21-46(39)56-40(2)18-14-24-47(56)41-31-35-44(36-32-41)60(55-30-16-26-50-49-22-10-12-27-52(49)59(3,4)58(50)55)45-37-33-42(34-38-45)48-25-15-29-54-57(48)51-23-11-13-28-53(51)61(54)43-19-6-5-7-20-43/h5-38H,1-4H3. The third-order valence-corrected chi connectivity index (χ3v) is 13.1. The molecule has 61 heavy (non-hydrogen) atoms. The van der Waals surface area contributed by atoms with Gasteiger partial charge in [0.15, 0.2) is 0 Å². The van der Waals surface area contributed by atoms with Crippen LogP contribution in [0.5, 0.6) is 0 Å². The summed E-state index contributed by atoms with van der Waals surface area (Å²) < 4.78 is 2.39. The average molecular weight is 783 g/mol. The molecule has 0 fully saturated rings. The van der Waals surface area contributed by atoms with Crippen molar-refractivity contribution in [1.82, 2.24) is 4.57 Å². The molecule has 0 atom stereocenters. The van der Waals surface area contributed by atoms with E-state index in [0.717, 1.165) is 17.1 Å². The Morgan fingerprint density at radius 3 is 1.70 bits per heavy atom. The molecule has 0 unspecified atom stereocenters. The SMILES string of the molecule is Cc1ccccc1-c1c(C)cccc1-c1ccc(N(c2ccc(-c3cccc4c3c3ccccc3n4-c3ccccc3)cc2)c2cccc3c2C(C)(C)c2ccccc2-3)cc1. The number of hydrogen-bond donors (Lipinski definition) is 0. The fraction of sp³-hybridized carbons (Fsp3) is 0.0847. The fourth-order valence-electron chi connectivity index (χ4n) is 10.2. The van der Waals surface area contributed by atoms with Gasteiger partial charge in [-0.15, -0.1) is 0 Å². The highest BCUT2D eigenvalue weighted by Gasteiger charge is 2.38. The Hall–Kier alpha value is -7.42. The summed E-state index contributed by atoms with van der Waals surface area (Å²) >= 11 is 0. The van der Waals surface area contributed by atoms with Gasteiger partial charge in [0, 0.05) is 33.2 Å². The number of fused-ring (bicyclic) bond motifs is 6. The smallest absolute Gasteiger partial charge is 0.0547 e. The third kappa shape index (κ3) is 5.85. The minimum atomic E-state index is -0.187. The molecule has 0 spiro atoms. The summed E-state index contributed by atoms with van der Waals surface area (Å²) in [6.45, 7) is 9.19. The molecule has 0 aliphatic heterocycles. The van der Waals surface area contributed by atoms with E-state index in [0.29, 0.717) is 0 Å². The van der Waals surface area contributed by atoms with E-state index in [1.807, 2.05) is 0 Å². The van der Waals surface area contributed by atoms with Gasteiger partial charge in [0.1, 0.15) is 0 Å². The first-order valence-corrected chi connectivity index (χ1v) is 21.4. The number of benzene rings is 9. The molecule has 0 amide bonds. The van der Waals surface area contributed by atoms with Crippen molar-refractivity contribution < 1.29 is 0 Å². The Labute approximate surface area is 358 Å². The van der Waals surface area contributed by atoms with E-state index in [-0.39, 0.29) is 5.41 Å². The van der Waals surface area contributed by atoms with E-state index in [1.54, 1.807) is 0 Å². The van der Waals surface area contributed by atoms with Crippen LogP contribution in [0.25, 0.3) is 72.0 Å². The molecule has 9 aromatic carbocycles. The predicted octanol–water partition coefficient (Wildman–Crippen LogP) is 16.2. The maximum atomic E-state index is 2.47. The second kappa shape index (κ2) is 14.4. The molecule has 10 aromatic rings. The summed E-state index contributed by atoms with van der Waals surface area (Å²) in [5.41, 5.74) is 22.2. The summed E-state index contributed by atoms with van der Waals surface area (Å²) in [6, 6.07) is 75.8. The minimum absolute atomic E-state index is 0.187. The van der Waals surface area contributed by atoms with Crippen LogP contribution >= 0.6 is 0 Å². The van der Waals surface area contributed by atoms with E-state index in [2.05, 4.69) is 243 Å². The molecular formula is C59H46N2. The highest BCUT2D eigenvalue weighted by Crippen LogP contribution is 2.54. The zero-order chi connectivity index (χ0) is 41.2. The lowest BCUT2D eigenvalue weighted by Gasteiger charge is -2.32. The minimum Gasteiger partial charge on any atom is -0.310 e. The zero-order valence-corrected chi connectivity index (χ0v) is 35.0. The lowest BCUT2D eigenvalue weighted by molar-refractivity contribution is 0.661. The maximum absolute atomic E-state index is 2.47. The van der Waals surface area contributed by atoms with Gasteiger partial charge in [0.2, 0.25) is 0 Å². The first kappa shape index (κ1) is 36.6. The van der Waals surface area contributed by atoms with Crippen LogP contribution in [0.15, 0.2) is 206 Å². The Morgan fingerprint density at radius 2 is 0.951 bits per heavy atom. The summed E-state index contributed by atoms with van der Waals surface area (Å²) in [4.78, 5) is 2.47. The van der Waals surface area contributed by atoms with Crippen molar-refractivity contribution in [3.63, 3.8) is 0 Å². The van der Waals surface area contributed by atoms with Crippen LogP contribution in [-0.4, -0.2) is 4.57 Å². The van der Waals surface area contributed by atoms with E-state index < -0.39 is 0 Å². The van der Waals surface area contributed by atoms with Crippen LogP contribution in [0.4, 0.5) is 17.1 Å². The molecule has 2 heteroatoms. The van der Waals surface area contributed by atoms with Gasteiger partial charge in [-0.3, -0.25) is 0 Å². The maximum Gasteiger partial charge on any atom is 0.0547 e. The number of aryl methyl sites for hydroxylation is 2. The van der Waals surface area contributed by atoms with E-state index in [1.165, 1.54) is 94.3 Å². The van der Waals surface area contributed by atoms with Crippen LogP contribution in [0.1, 0.15) is 36.1 Å². The number of para-hydroxylation sites is 2. The molecular weight excluding hydrogens is 737 g/mol. The number of rotatable bonds is 7. The normalized spacial score (nSPS) is 12.7. The van der Waals surface area contributed by atoms with Crippen molar-refractivity contribution in [3.05, 3.63) is 229 Å². The van der Waals surface area contributed by atoms with Crippen molar-refractivity contribution in [1.29, 1.82) is 0 Å². The van der Waals surface area contributed by atoms with Crippen molar-refractivity contribution >= 4 is 38.9 Å². The average Bonchev–Trinajstić information content (AvgIpc) is 3.76. The van der Waals surface area contributed by atoms with Gasteiger partial charge in [0.05, 0.1) is 16.7 Å². The Balaban J connectivity index is 1.07. The van der Waals surface area contributed by atoms with E-state index in [9.17, 15) is 0 Å².